The van der Waals surface area contributed by atoms with Gasteiger partial charge in [0.05, 0.1) is 5.75 Å². The summed E-state index contributed by atoms with van der Waals surface area (Å²) in [6.07, 6.45) is 1.31. The van der Waals surface area contributed by atoms with E-state index in [2.05, 4.69) is 5.32 Å². The lowest BCUT2D eigenvalue weighted by Crippen LogP contribution is -2.48. The Balaban J connectivity index is 1.91. The molecule has 1 aliphatic rings. The smallest absolute Gasteiger partial charge is 0.251 e. The van der Waals surface area contributed by atoms with Crippen LogP contribution in [-0.2, 0) is 10.0 Å². The van der Waals surface area contributed by atoms with E-state index in [1.807, 2.05) is 52.0 Å². The first kappa shape index (κ1) is 18.9. The van der Waals surface area contributed by atoms with Crippen LogP contribution in [0.15, 0.2) is 24.3 Å². The van der Waals surface area contributed by atoms with Gasteiger partial charge in [-0.2, -0.15) is 0 Å². The van der Waals surface area contributed by atoms with Crippen LogP contribution in [0.2, 0.25) is 0 Å². The van der Waals surface area contributed by atoms with Crippen molar-refractivity contribution in [1.29, 1.82) is 0 Å². The van der Waals surface area contributed by atoms with E-state index < -0.39 is 10.0 Å². The van der Waals surface area contributed by atoms with Crippen molar-refractivity contribution in [2.75, 3.05) is 18.8 Å². The maximum absolute atomic E-state index is 12.4. The molecule has 5 nitrogen and oxygen atoms in total. The Morgan fingerprint density at radius 2 is 1.79 bits per heavy atom. The van der Waals surface area contributed by atoms with Crippen LogP contribution < -0.4 is 5.32 Å². The molecule has 1 amide bonds. The minimum absolute atomic E-state index is 0.0261. The quantitative estimate of drug-likeness (QED) is 0.906. The van der Waals surface area contributed by atoms with Crippen molar-refractivity contribution in [3.63, 3.8) is 0 Å². The van der Waals surface area contributed by atoms with E-state index in [4.69, 9.17) is 0 Å². The van der Waals surface area contributed by atoms with Crippen LogP contribution in [0.3, 0.4) is 0 Å². The Morgan fingerprint density at radius 1 is 1.21 bits per heavy atom. The Morgan fingerprint density at radius 3 is 2.33 bits per heavy atom. The van der Waals surface area contributed by atoms with E-state index in [0.29, 0.717) is 31.5 Å². The topological polar surface area (TPSA) is 66.5 Å². The molecular weight excluding hydrogens is 324 g/mol. The lowest BCUT2D eigenvalue weighted by atomic mass is 10.0. The second-order valence-electron chi connectivity index (χ2n) is 7.78. The lowest BCUT2D eigenvalue weighted by Gasteiger charge is -2.33. The first-order chi connectivity index (χ1) is 11.1. The zero-order valence-corrected chi connectivity index (χ0v) is 15.8. The van der Waals surface area contributed by atoms with Crippen molar-refractivity contribution in [3.8, 4) is 0 Å². The van der Waals surface area contributed by atoms with Gasteiger partial charge in [-0.3, -0.25) is 4.79 Å². The predicted octanol–water partition coefficient (Wildman–Crippen LogP) is 2.57. The van der Waals surface area contributed by atoms with Crippen molar-refractivity contribution in [2.24, 2.45) is 5.41 Å². The fraction of sp³-hybridized carbons (Fsp3) is 0.611. The van der Waals surface area contributed by atoms with Gasteiger partial charge in [-0.1, -0.05) is 39.0 Å². The first-order valence-corrected chi connectivity index (χ1v) is 10.0. The van der Waals surface area contributed by atoms with Gasteiger partial charge in [-0.05, 0) is 36.8 Å². The standard InChI is InChI=1S/C18H28N2O3S/c1-14-7-5-6-8-16(14)17(21)19-15-9-11-20(12-10-15)24(22,23)13-18(2,3)4/h5-8,15H,9-13H2,1-4H3,(H,19,21). The third kappa shape index (κ3) is 5.05. The van der Waals surface area contributed by atoms with Crippen LogP contribution in [0.25, 0.3) is 0 Å². The zero-order valence-electron chi connectivity index (χ0n) is 15.0. The van der Waals surface area contributed by atoms with Crippen molar-refractivity contribution in [1.82, 2.24) is 9.62 Å². The molecule has 134 valence electrons. The van der Waals surface area contributed by atoms with Crippen molar-refractivity contribution in [3.05, 3.63) is 35.4 Å². The molecule has 2 rings (SSSR count). The lowest BCUT2D eigenvalue weighted by molar-refractivity contribution is 0.0923. The summed E-state index contributed by atoms with van der Waals surface area (Å²) >= 11 is 0. The number of nitrogens with one attached hydrogen (secondary N) is 1. The monoisotopic (exact) mass is 352 g/mol. The maximum Gasteiger partial charge on any atom is 0.251 e. The first-order valence-electron chi connectivity index (χ1n) is 8.43. The van der Waals surface area contributed by atoms with E-state index in [9.17, 15) is 13.2 Å². The number of sulfonamides is 1. The Bertz CT molecular complexity index is 684. The van der Waals surface area contributed by atoms with Crippen molar-refractivity contribution >= 4 is 15.9 Å². The minimum atomic E-state index is -3.23. The highest BCUT2D eigenvalue weighted by molar-refractivity contribution is 7.89. The van der Waals surface area contributed by atoms with E-state index >= 15 is 0 Å². The minimum Gasteiger partial charge on any atom is -0.349 e. The van der Waals surface area contributed by atoms with E-state index in [1.54, 1.807) is 4.31 Å². The van der Waals surface area contributed by atoms with Crippen molar-refractivity contribution in [2.45, 2.75) is 46.6 Å². The molecule has 1 aliphatic heterocycles. The van der Waals surface area contributed by atoms with Gasteiger partial charge < -0.3 is 5.32 Å². The van der Waals surface area contributed by atoms with E-state index in [0.717, 1.165) is 5.56 Å². The van der Waals surface area contributed by atoms with Gasteiger partial charge in [-0.15, -0.1) is 0 Å². The third-order valence-electron chi connectivity index (χ3n) is 4.19. The molecule has 6 heteroatoms. The Hall–Kier alpha value is -1.40. The van der Waals surface area contributed by atoms with Gasteiger partial charge in [0.1, 0.15) is 0 Å². The number of rotatable bonds is 4. The summed E-state index contributed by atoms with van der Waals surface area (Å²) in [7, 11) is -3.23. The maximum atomic E-state index is 12.4. The number of carbonyl (C=O) groups is 1. The number of piperidine rings is 1. The molecule has 0 atom stereocenters. The Kier molecular flexibility index (Phi) is 5.71. The second-order valence-corrected chi connectivity index (χ2v) is 9.75. The number of aryl methyl sites for hydroxylation is 1. The highest BCUT2D eigenvalue weighted by Crippen LogP contribution is 2.22. The van der Waals surface area contributed by atoms with Gasteiger partial charge in [0.25, 0.3) is 5.91 Å². The summed E-state index contributed by atoms with van der Waals surface area (Å²) in [6, 6.07) is 7.51. The van der Waals surface area contributed by atoms with Crippen LogP contribution in [-0.4, -0.2) is 43.5 Å². The molecule has 1 aromatic carbocycles. The van der Waals surface area contributed by atoms with Gasteiger partial charge in [0.2, 0.25) is 10.0 Å². The number of benzene rings is 1. The molecule has 1 heterocycles. The molecule has 1 N–H and O–H groups in total. The van der Waals surface area contributed by atoms with Crippen LogP contribution in [0, 0.1) is 12.3 Å². The molecule has 0 unspecified atom stereocenters. The summed E-state index contributed by atoms with van der Waals surface area (Å²) in [4.78, 5) is 12.4. The summed E-state index contributed by atoms with van der Waals surface area (Å²) < 4.78 is 26.4. The van der Waals surface area contributed by atoms with E-state index in [-0.39, 0.29) is 23.1 Å². The Labute approximate surface area is 145 Å². The number of carbonyl (C=O) groups excluding carboxylic acids is 1. The summed E-state index contributed by atoms with van der Waals surface area (Å²) in [5.41, 5.74) is 1.37. The summed E-state index contributed by atoms with van der Waals surface area (Å²) in [6.45, 7) is 8.64. The van der Waals surface area contributed by atoms with Gasteiger partial charge in [-0.25, -0.2) is 12.7 Å². The largest absolute Gasteiger partial charge is 0.349 e. The highest BCUT2D eigenvalue weighted by Gasteiger charge is 2.31. The average molecular weight is 353 g/mol. The molecule has 0 radical (unpaired) electrons. The van der Waals surface area contributed by atoms with Crippen molar-refractivity contribution < 1.29 is 13.2 Å². The van der Waals surface area contributed by atoms with E-state index in [1.165, 1.54) is 0 Å². The number of hydrogen-bond acceptors (Lipinski definition) is 3. The second kappa shape index (κ2) is 7.23. The number of hydrogen-bond donors (Lipinski definition) is 1. The molecule has 1 saturated heterocycles. The molecule has 0 aliphatic carbocycles. The molecule has 0 aromatic heterocycles. The highest BCUT2D eigenvalue weighted by atomic mass is 32.2. The van der Waals surface area contributed by atoms with Crippen LogP contribution in [0.5, 0.6) is 0 Å². The normalized spacial score (nSPS) is 17.7. The molecule has 0 spiro atoms. The molecule has 0 bridgehead atoms. The zero-order chi connectivity index (χ0) is 18.0. The van der Waals surface area contributed by atoms with Crippen LogP contribution in [0.4, 0.5) is 0 Å². The van der Waals surface area contributed by atoms with Gasteiger partial charge in [0, 0.05) is 24.7 Å². The molecule has 1 fully saturated rings. The summed E-state index contributed by atoms with van der Waals surface area (Å²) in [5, 5.41) is 3.04. The van der Waals surface area contributed by atoms with Gasteiger partial charge in [0.15, 0.2) is 0 Å². The fourth-order valence-electron chi connectivity index (χ4n) is 3.01. The molecule has 0 saturated carbocycles. The van der Waals surface area contributed by atoms with Gasteiger partial charge >= 0.3 is 0 Å². The van der Waals surface area contributed by atoms with Crippen LogP contribution >= 0.6 is 0 Å². The molecule has 24 heavy (non-hydrogen) atoms. The summed E-state index contributed by atoms with van der Waals surface area (Å²) in [5.74, 6) is 0.0735. The average Bonchev–Trinajstić information content (AvgIpc) is 2.45. The number of amides is 1. The SMILES string of the molecule is Cc1ccccc1C(=O)NC1CCN(S(=O)(=O)CC(C)(C)C)CC1. The molecule has 1 aromatic rings. The molecular formula is C18H28N2O3S. The fourth-order valence-corrected chi connectivity index (χ4v) is 5.05. The number of nitrogens with zero attached hydrogens (tertiary/aromatic N) is 1. The predicted molar refractivity (Wildman–Crippen MR) is 96.5 cm³/mol. The van der Waals surface area contributed by atoms with Crippen LogP contribution in [0.1, 0.15) is 49.5 Å². The third-order valence-corrected chi connectivity index (χ3v) is 6.57.